The van der Waals surface area contributed by atoms with Gasteiger partial charge in [-0.15, -0.1) is 0 Å². The number of hydrogen-bond donors (Lipinski definition) is 2. The third-order valence-electron chi connectivity index (χ3n) is 3.09. The van der Waals surface area contributed by atoms with Gasteiger partial charge in [-0.05, 0) is 55.5 Å². The summed E-state index contributed by atoms with van der Waals surface area (Å²) in [6.07, 6.45) is 1.83. The molecule has 4 nitrogen and oxygen atoms in total. The van der Waals surface area contributed by atoms with Crippen LogP contribution in [0, 0.1) is 0 Å². The second-order valence-electron chi connectivity index (χ2n) is 4.56. The lowest BCUT2D eigenvalue weighted by atomic mass is 10.2. The Bertz CT molecular complexity index is 494. The van der Waals surface area contributed by atoms with Crippen molar-refractivity contribution in [2.24, 2.45) is 0 Å². The number of sulfonamides is 1. The van der Waals surface area contributed by atoms with Crippen molar-refractivity contribution in [1.82, 2.24) is 4.72 Å². The zero-order valence-electron chi connectivity index (χ0n) is 11.1. The molecule has 0 spiro atoms. The molecular weight excluding hydrogens is 280 g/mol. The molecule has 19 heavy (non-hydrogen) atoms. The summed E-state index contributed by atoms with van der Waals surface area (Å²) in [6, 6.07) is 6.99. The lowest BCUT2D eigenvalue weighted by Crippen LogP contribution is -2.37. The molecule has 1 aromatic carbocycles. The number of anilines is 1. The lowest BCUT2D eigenvalue weighted by Gasteiger charge is -2.22. The van der Waals surface area contributed by atoms with Crippen LogP contribution in [0.3, 0.4) is 0 Å². The Kier molecular flexibility index (Phi) is 5.13. The van der Waals surface area contributed by atoms with Crippen LogP contribution in [0.5, 0.6) is 0 Å². The van der Waals surface area contributed by atoms with Crippen LogP contribution in [0.4, 0.5) is 5.69 Å². The number of rotatable bonds is 5. The molecule has 1 fully saturated rings. The molecule has 1 saturated heterocycles. The molecule has 2 rings (SSSR count). The topological polar surface area (TPSA) is 58.2 Å². The van der Waals surface area contributed by atoms with E-state index < -0.39 is 10.0 Å². The van der Waals surface area contributed by atoms with E-state index in [1.807, 2.05) is 18.7 Å². The molecule has 0 saturated carbocycles. The summed E-state index contributed by atoms with van der Waals surface area (Å²) < 4.78 is 27.3. The van der Waals surface area contributed by atoms with E-state index in [1.54, 1.807) is 24.3 Å². The van der Waals surface area contributed by atoms with Crippen LogP contribution < -0.4 is 10.0 Å². The number of nitrogens with one attached hydrogen (secondary N) is 2. The minimum absolute atomic E-state index is 0.0830. The van der Waals surface area contributed by atoms with Gasteiger partial charge in [0.25, 0.3) is 0 Å². The van der Waals surface area contributed by atoms with Crippen LogP contribution in [0.1, 0.15) is 19.8 Å². The van der Waals surface area contributed by atoms with Crippen molar-refractivity contribution in [2.45, 2.75) is 30.7 Å². The second-order valence-corrected chi connectivity index (χ2v) is 7.50. The maximum absolute atomic E-state index is 12.2. The van der Waals surface area contributed by atoms with Crippen molar-refractivity contribution >= 4 is 27.5 Å². The molecule has 6 heteroatoms. The first-order valence-corrected chi connectivity index (χ1v) is 9.19. The van der Waals surface area contributed by atoms with Gasteiger partial charge in [0, 0.05) is 18.3 Å². The van der Waals surface area contributed by atoms with E-state index in [0.29, 0.717) is 4.90 Å². The van der Waals surface area contributed by atoms with Crippen molar-refractivity contribution < 1.29 is 8.42 Å². The normalized spacial score (nSPS) is 17.3. The van der Waals surface area contributed by atoms with E-state index in [4.69, 9.17) is 0 Å². The SMILES string of the molecule is CCNc1ccc(S(=O)(=O)NC2CCSCC2)cc1. The third kappa shape index (κ3) is 4.12. The highest BCUT2D eigenvalue weighted by molar-refractivity contribution is 7.99. The highest BCUT2D eigenvalue weighted by Gasteiger charge is 2.21. The zero-order valence-corrected chi connectivity index (χ0v) is 12.7. The van der Waals surface area contributed by atoms with E-state index >= 15 is 0 Å². The third-order valence-corrected chi connectivity index (χ3v) is 5.67. The summed E-state index contributed by atoms with van der Waals surface area (Å²) in [7, 11) is -3.38. The minimum atomic E-state index is -3.38. The summed E-state index contributed by atoms with van der Waals surface area (Å²) in [5.41, 5.74) is 0.940. The first kappa shape index (κ1) is 14.7. The van der Waals surface area contributed by atoms with Gasteiger partial charge >= 0.3 is 0 Å². The van der Waals surface area contributed by atoms with Gasteiger partial charge in [-0.25, -0.2) is 13.1 Å². The molecule has 1 heterocycles. The van der Waals surface area contributed by atoms with Crippen LogP contribution >= 0.6 is 11.8 Å². The summed E-state index contributed by atoms with van der Waals surface area (Å²) >= 11 is 1.88. The molecule has 2 N–H and O–H groups in total. The van der Waals surface area contributed by atoms with Crippen LogP contribution in [0.15, 0.2) is 29.2 Å². The van der Waals surface area contributed by atoms with E-state index in [0.717, 1.165) is 36.6 Å². The first-order chi connectivity index (χ1) is 9.12. The highest BCUT2D eigenvalue weighted by Crippen LogP contribution is 2.20. The predicted molar refractivity (Wildman–Crippen MR) is 81.3 cm³/mol. The molecular formula is C13H20N2O2S2. The molecule has 0 unspecified atom stereocenters. The molecule has 0 atom stereocenters. The van der Waals surface area contributed by atoms with E-state index in [-0.39, 0.29) is 6.04 Å². The molecule has 0 radical (unpaired) electrons. The summed E-state index contributed by atoms with van der Waals surface area (Å²) in [5, 5.41) is 3.15. The fourth-order valence-corrected chi connectivity index (χ4v) is 4.47. The van der Waals surface area contributed by atoms with Crippen LogP contribution in [-0.2, 0) is 10.0 Å². The fourth-order valence-electron chi connectivity index (χ4n) is 2.06. The lowest BCUT2D eigenvalue weighted by molar-refractivity contribution is 0.529. The largest absolute Gasteiger partial charge is 0.385 e. The predicted octanol–water partition coefficient (Wildman–Crippen LogP) is 2.29. The van der Waals surface area contributed by atoms with Gasteiger partial charge in [-0.1, -0.05) is 0 Å². The van der Waals surface area contributed by atoms with Gasteiger partial charge in [0.2, 0.25) is 10.0 Å². The molecule has 0 aliphatic carbocycles. The van der Waals surface area contributed by atoms with Crippen molar-refractivity contribution in [2.75, 3.05) is 23.4 Å². The van der Waals surface area contributed by atoms with E-state index in [1.165, 1.54) is 0 Å². The average Bonchev–Trinajstić information content (AvgIpc) is 2.40. The molecule has 106 valence electrons. The molecule has 1 aromatic rings. The van der Waals surface area contributed by atoms with Crippen LogP contribution in [0.2, 0.25) is 0 Å². The van der Waals surface area contributed by atoms with Gasteiger partial charge in [-0.3, -0.25) is 0 Å². The Hall–Kier alpha value is -0.720. The average molecular weight is 300 g/mol. The quantitative estimate of drug-likeness (QED) is 0.876. The number of thioether (sulfide) groups is 1. The Morgan fingerprint density at radius 3 is 2.42 bits per heavy atom. The van der Waals surface area contributed by atoms with Crippen molar-refractivity contribution in [3.05, 3.63) is 24.3 Å². The minimum Gasteiger partial charge on any atom is -0.385 e. The Morgan fingerprint density at radius 2 is 1.84 bits per heavy atom. The maximum Gasteiger partial charge on any atom is 0.240 e. The molecule has 0 aromatic heterocycles. The fraction of sp³-hybridized carbons (Fsp3) is 0.538. The zero-order chi connectivity index (χ0) is 13.7. The smallest absolute Gasteiger partial charge is 0.240 e. The monoisotopic (exact) mass is 300 g/mol. The molecule has 0 amide bonds. The summed E-state index contributed by atoms with van der Waals surface area (Å²) in [4.78, 5) is 0.340. The second kappa shape index (κ2) is 6.63. The van der Waals surface area contributed by atoms with Gasteiger partial charge in [0.15, 0.2) is 0 Å². The summed E-state index contributed by atoms with van der Waals surface area (Å²) in [5.74, 6) is 2.07. The van der Waals surface area contributed by atoms with Crippen molar-refractivity contribution in [3.63, 3.8) is 0 Å². The van der Waals surface area contributed by atoms with E-state index in [2.05, 4.69) is 10.0 Å². The standard InChI is InChI=1S/C13H20N2O2S2/c1-2-14-11-3-5-13(6-4-11)19(16,17)15-12-7-9-18-10-8-12/h3-6,12,14-15H,2,7-10H2,1H3. The number of benzene rings is 1. The first-order valence-electron chi connectivity index (χ1n) is 6.56. The highest BCUT2D eigenvalue weighted by atomic mass is 32.2. The Morgan fingerprint density at radius 1 is 1.21 bits per heavy atom. The van der Waals surface area contributed by atoms with E-state index in [9.17, 15) is 8.42 Å². The number of hydrogen-bond acceptors (Lipinski definition) is 4. The molecule has 1 aliphatic heterocycles. The molecule has 1 aliphatic rings. The van der Waals surface area contributed by atoms with Crippen molar-refractivity contribution in [1.29, 1.82) is 0 Å². The van der Waals surface area contributed by atoms with Crippen LogP contribution in [0.25, 0.3) is 0 Å². The van der Waals surface area contributed by atoms with Crippen molar-refractivity contribution in [3.8, 4) is 0 Å². The van der Waals surface area contributed by atoms with Gasteiger partial charge in [-0.2, -0.15) is 11.8 Å². The maximum atomic E-state index is 12.2. The van der Waals surface area contributed by atoms with Gasteiger partial charge < -0.3 is 5.32 Å². The van der Waals surface area contributed by atoms with Gasteiger partial charge in [0.1, 0.15) is 0 Å². The Balaban J connectivity index is 2.05. The van der Waals surface area contributed by atoms with Gasteiger partial charge in [0.05, 0.1) is 4.90 Å². The summed E-state index contributed by atoms with van der Waals surface area (Å²) in [6.45, 7) is 2.83. The van der Waals surface area contributed by atoms with Crippen LogP contribution in [-0.4, -0.2) is 32.5 Å². The Labute approximate surface area is 119 Å². The molecule has 0 bridgehead atoms.